The predicted molar refractivity (Wildman–Crippen MR) is 94.9 cm³/mol. The van der Waals surface area contributed by atoms with Gasteiger partial charge < -0.3 is 9.84 Å². The number of benzene rings is 1. The van der Waals surface area contributed by atoms with E-state index in [1.807, 2.05) is 12.1 Å². The van der Waals surface area contributed by atoms with Gasteiger partial charge in [-0.3, -0.25) is 0 Å². The van der Waals surface area contributed by atoms with Crippen LogP contribution in [0.4, 0.5) is 0 Å². The molecule has 0 aromatic heterocycles. The lowest BCUT2D eigenvalue weighted by Crippen LogP contribution is -2.56. The van der Waals surface area contributed by atoms with Gasteiger partial charge in [-0.25, -0.2) is 0 Å². The Hall–Kier alpha value is -1.70. The van der Waals surface area contributed by atoms with Gasteiger partial charge in [-0.05, 0) is 50.8 Å². The molecule has 23 heavy (non-hydrogen) atoms. The third-order valence-corrected chi connectivity index (χ3v) is 5.78. The lowest BCUT2D eigenvalue weighted by molar-refractivity contribution is -0.0810. The minimum Gasteiger partial charge on any atom is -0.508 e. The highest BCUT2D eigenvalue weighted by atomic mass is 16.5. The number of fused-ring (bicyclic) bond motifs is 1. The van der Waals surface area contributed by atoms with Crippen molar-refractivity contribution in [3.8, 4) is 11.5 Å². The first-order chi connectivity index (χ1) is 10.9. The van der Waals surface area contributed by atoms with E-state index in [0.717, 1.165) is 24.2 Å². The first-order valence-electron chi connectivity index (χ1n) is 8.70. The number of hydrogen-bond acceptors (Lipinski definition) is 2. The zero-order valence-electron chi connectivity index (χ0n) is 14.7. The maximum atomic E-state index is 9.80. The van der Waals surface area contributed by atoms with Crippen LogP contribution in [0.2, 0.25) is 0 Å². The molecular formula is C21H28O2. The number of ether oxygens (including phenoxy) is 1. The second-order valence-corrected chi connectivity index (χ2v) is 7.77. The van der Waals surface area contributed by atoms with Crippen LogP contribution < -0.4 is 4.74 Å². The highest BCUT2D eigenvalue weighted by molar-refractivity contribution is 5.45. The summed E-state index contributed by atoms with van der Waals surface area (Å²) in [7, 11) is 0. The Labute approximate surface area is 139 Å². The fourth-order valence-corrected chi connectivity index (χ4v) is 4.37. The zero-order valence-corrected chi connectivity index (χ0v) is 14.7. The Morgan fingerprint density at radius 3 is 2.87 bits per heavy atom. The zero-order chi connectivity index (χ0) is 16.7. The van der Waals surface area contributed by atoms with Crippen molar-refractivity contribution in [2.45, 2.75) is 59.0 Å². The highest BCUT2D eigenvalue weighted by Gasteiger charge is 2.57. The van der Waals surface area contributed by atoms with Gasteiger partial charge in [0.05, 0.1) is 0 Å². The van der Waals surface area contributed by atoms with E-state index in [2.05, 4.69) is 45.9 Å². The minimum absolute atomic E-state index is 0.00521. The van der Waals surface area contributed by atoms with Gasteiger partial charge in [0, 0.05) is 17.4 Å². The van der Waals surface area contributed by atoms with Crippen molar-refractivity contribution in [2.24, 2.45) is 11.3 Å². The SMILES string of the molecule is CC(C)=C/C=C/[C@@]1(C)CCC[C@@H](C)[C@@]12Cc1cc(O)ccc1O2. The Balaban J connectivity index is 2.00. The van der Waals surface area contributed by atoms with E-state index in [9.17, 15) is 5.11 Å². The Morgan fingerprint density at radius 1 is 1.35 bits per heavy atom. The fraction of sp³-hybridized carbons (Fsp3) is 0.524. The summed E-state index contributed by atoms with van der Waals surface area (Å²) >= 11 is 0. The van der Waals surface area contributed by atoms with E-state index in [1.54, 1.807) is 6.07 Å². The predicted octanol–water partition coefficient (Wildman–Crippen LogP) is 5.41. The largest absolute Gasteiger partial charge is 0.508 e. The van der Waals surface area contributed by atoms with Crippen molar-refractivity contribution in [1.29, 1.82) is 0 Å². The van der Waals surface area contributed by atoms with E-state index >= 15 is 0 Å². The minimum atomic E-state index is -0.201. The molecule has 0 bridgehead atoms. The molecule has 3 rings (SSSR count). The smallest absolute Gasteiger partial charge is 0.124 e. The lowest BCUT2D eigenvalue weighted by Gasteiger charge is -2.51. The van der Waals surface area contributed by atoms with Crippen LogP contribution in [0, 0.1) is 11.3 Å². The van der Waals surface area contributed by atoms with E-state index < -0.39 is 0 Å². The van der Waals surface area contributed by atoms with Crippen molar-refractivity contribution in [2.75, 3.05) is 0 Å². The van der Waals surface area contributed by atoms with Crippen molar-refractivity contribution in [1.82, 2.24) is 0 Å². The molecule has 1 spiro atoms. The summed E-state index contributed by atoms with van der Waals surface area (Å²) in [6.07, 6.45) is 11.2. The third-order valence-electron chi connectivity index (χ3n) is 5.78. The van der Waals surface area contributed by atoms with Crippen LogP contribution in [-0.4, -0.2) is 10.7 Å². The number of phenols is 1. The van der Waals surface area contributed by atoms with Crippen molar-refractivity contribution in [3.63, 3.8) is 0 Å². The molecule has 1 fully saturated rings. The van der Waals surface area contributed by atoms with Crippen molar-refractivity contribution in [3.05, 3.63) is 47.6 Å². The molecular weight excluding hydrogens is 284 g/mol. The molecule has 1 aliphatic carbocycles. The standard InChI is InChI=1S/C21H28O2/c1-15(2)7-5-11-20(4)12-6-8-16(3)21(20)14-17-13-18(22)9-10-19(17)23-21/h5,7,9-11,13,16,22H,6,8,12,14H2,1-4H3/b11-5+/t16-,20+,21+/m1/s1. The van der Waals surface area contributed by atoms with E-state index in [4.69, 9.17) is 4.74 Å². The summed E-state index contributed by atoms with van der Waals surface area (Å²) in [6, 6.07) is 5.51. The van der Waals surface area contributed by atoms with Gasteiger partial charge in [-0.2, -0.15) is 0 Å². The maximum absolute atomic E-state index is 9.80. The number of aromatic hydroxyl groups is 1. The summed E-state index contributed by atoms with van der Waals surface area (Å²) in [5.41, 5.74) is 2.25. The topological polar surface area (TPSA) is 29.5 Å². The number of rotatable bonds is 2. The maximum Gasteiger partial charge on any atom is 0.124 e. The Morgan fingerprint density at radius 2 is 2.13 bits per heavy atom. The molecule has 2 heteroatoms. The Bertz CT molecular complexity index is 654. The summed E-state index contributed by atoms with van der Waals surface area (Å²) < 4.78 is 6.59. The molecule has 2 nitrogen and oxygen atoms in total. The van der Waals surface area contributed by atoms with Crippen LogP contribution in [0.5, 0.6) is 11.5 Å². The van der Waals surface area contributed by atoms with Gasteiger partial charge in [-0.1, -0.05) is 44.1 Å². The second kappa shape index (κ2) is 5.74. The van der Waals surface area contributed by atoms with Gasteiger partial charge in [0.25, 0.3) is 0 Å². The third kappa shape index (κ3) is 2.69. The first kappa shape index (κ1) is 16.2. The molecule has 0 unspecified atom stereocenters. The summed E-state index contributed by atoms with van der Waals surface area (Å²) in [5, 5.41) is 9.80. The van der Waals surface area contributed by atoms with Crippen molar-refractivity contribution < 1.29 is 9.84 Å². The average Bonchev–Trinajstić information content (AvgIpc) is 2.85. The van der Waals surface area contributed by atoms with Gasteiger partial charge >= 0.3 is 0 Å². The monoisotopic (exact) mass is 312 g/mol. The molecule has 124 valence electrons. The van der Waals surface area contributed by atoms with E-state index in [-0.39, 0.29) is 11.0 Å². The Kier molecular flexibility index (Phi) is 4.03. The van der Waals surface area contributed by atoms with Crippen LogP contribution in [0.1, 0.15) is 52.5 Å². The van der Waals surface area contributed by atoms with Crippen LogP contribution >= 0.6 is 0 Å². The summed E-state index contributed by atoms with van der Waals surface area (Å²) in [4.78, 5) is 0. The molecule has 0 amide bonds. The molecule has 0 saturated heterocycles. The van der Waals surface area contributed by atoms with Crippen LogP contribution in [0.3, 0.4) is 0 Å². The highest BCUT2D eigenvalue weighted by Crippen LogP contribution is 2.56. The van der Waals surface area contributed by atoms with E-state index in [1.165, 1.54) is 18.4 Å². The number of allylic oxidation sites excluding steroid dienone is 3. The normalized spacial score (nSPS) is 32.8. The van der Waals surface area contributed by atoms with Crippen LogP contribution in [0.25, 0.3) is 0 Å². The molecule has 1 aromatic rings. The molecule has 3 atom stereocenters. The number of phenolic OH excluding ortho intramolecular Hbond substituents is 1. The molecule has 1 saturated carbocycles. The molecule has 1 aliphatic heterocycles. The molecule has 0 radical (unpaired) electrons. The number of hydrogen-bond donors (Lipinski definition) is 1. The van der Waals surface area contributed by atoms with Crippen LogP contribution in [-0.2, 0) is 6.42 Å². The van der Waals surface area contributed by atoms with Crippen molar-refractivity contribution >= 4 is 0 Å². The lowest BCUT2D eigenvalue weighted by atomic mass is 9.58. The van der Waals surface area contributed by atoms with Crippen LogP contribution in [0.15, 0.2) is 42.0 Å². The average molecular weight is 312 g/mol. The fourth-order valence-electron chi connectivity index (χ4n) is 4.37. The second-order valence-electron chi connectivity index (χ2n) is 7.77. The van der Waals surface area contributed by atoms with Gasteiger partial charge in [0.2, 0.25) is 0 Å². The summed E-state index contributed by atoms with van der Waals surface area (Å²) in [6.45, 7) is 8.90. The van der Waals surface area contributed by atoms with Gasteiger partial charge in [-0.15, -0.1) is 0 Å². The quantitative estimate of drug-likeness (QED) is 0.739. The molecule has 1 heterocycles. The molecule has 2 aliphatic rings. The van der Waals surface area contributed by atoms with E-state index in [0.29, 0.717) is 11.7 Å². The first-order valence-corrected chi connectivity index (χ1v) is 8.70. The van der Waals surface area contributed by atoms with Gasteiger partial charge in [0.1, 0.15) is 17.1 Å². The molecule has 1 aromatic carbocycles. The molecule has 1 N–H and O–H groups in total. The summed E-state index contributed by atoms with van der Waals surface area (Å²) in [5.74, 6) is 1.76. The van der Waals surface area contributed by atoms with Gasteiger partial charge in [0.15, 0.2) is 0 Å².